The van der Waals surface area contributed by atoms with Crippen LogP contribution in [0.25, 0.3) is 0 Å². The highest BCUT2D eigenvalue weighted by Crippen LogP contribution is 2.06. The maximum atomic E-state index is 10.7. The molecule has 0 radical (unpaired) electrons. The van der Waals surface area contributed by atoms with E-state index in [2.05, 4.69) is 4.74 Å². The van der Waals surface area contributed by atoms with Gasteiger partial charge in [-0.15, -0.1) is 0 Å². The molecule has 0 heterocycles. The minimum Gasteiger partial charge on any atom is -0.469 e. The summed E-state index contributed by atoms with van der Waals surface area (Å²) in [7, 11) is 4.22. The lowest BCUT2D eigenvalue weighted by atomic mass is 10.2. The van der Waals surface area contributed by atoms with Crippen molar-refractivity contribution in [1.29, 1.82) is 0 Å². The summed E-state index contributed by atoms with van der Waals surface area (Å²) >= 11 is 0. The van der Waals surface area contributed by atoms with Crippen molar-refractivity contribution in [3.63, 3.8) is 0 Å². The Hall–Kier alpha value is -0.650. The van der Waals surface area contributed by atoms with E-state index >= 15 is 0 Å². The van der Waals surface area contributed by atoms with Gasteiger partial charge in [-0.25, -0.2) is 0 Å². The van der Waals surface area contributed by atoms with Crippen LogP contribution in [-0.4, -0.2) is 44.8 Å². The maximum absolute atomic E-state index is 10.7. The van der Waals surface area contributed by atoms with Gasteiger partial charge in [-0.1, -0.05) is 0 Å². The number of ether oxygens (including phenoxy) is 3. The van der Waals surface area contributed by atoms with Crippen molar-refractivity contribution in [2.75, 3.05) is 21.3 Å². The van der Waals surface area contributed by atoms with Gasteiger partial charge >= 0.3 is 5.97 Å². The highest BCUT2D eigenvalue weighted by Gasteiger charge is 2.16. The lowest BCUT2D eigenvalue weighted by Gasteiger charge is -2.16. The number of esters is 1. The molecule has 78 valence electrons. The first-order valence-electron chi connectivity index (χ1n) is 3.94. The molecule has 0 spiro atoms. The second-order valence-electron chi connectivity index (χ2n) is 2.57. The van der Waals surface area contributed by atoms with E-state index < -0.39 is 18.4 Å². The lowest BCUT2D eigenvalue weighted by Crippen LogP contribution is -2.23. The quantitative estimate of drug-likeness (QED) is 0.471. The zero-order chi connectivity index (χ0) is 10.3. The van der Waals surface area contributed by atoms with E-state index in [4.69, 9.17) is 9.47 Å². The van der Waals surface area contributed by atoms with Gasteiger partial charge in [0.1, 0.15) is 0 Å². The molecule has 0 unspecified atom stereocenters. The average Bonchev–Trinajstić information content (AvgIpc) is 2.13. The molecule has 0 aliphatic carbocycles. The third-order valence-electron chi connectivity index (χ3n) is 1.62. The first-order valence-corrected chi connectivity index (χ1v) is 3.94. The monoisotopic (exact) mass is 192 g/mol. The van der Waals surface area contributed by atoms with Gasteiger partial charge in [-0.3, -0.25) is 4.79 Å². The van der Waals surface area contributed by atoms with E-state index in [-0.39, 0.29) is 12.8 Å². The number of carbonyl (C=O) groups is 1. The zero-order valence-corrected chi connectivity index (χ0v) is 8.15. The largest absolute Gasteiger partial charge is 0.469 e. The minimum atomic E-state index is -0.794. The predicted octanol–water partition coefficient (Wildman–Crippen LogP) is -0.0806. The predicted molar refractivity (Wildman–Crippen MR) is 45.1 cm³/mol. The Morgan fingerprint density at radius 2 is 1.85 bits per heavy atom. The first-order chi connectivity index (χ1) is 6.13. The van der Waals surface area contributed by atoms with Gasteiger partial charge in [-0.05, 0) is 0 Å². The van der Waals surface area contributed by atoms with Gasteiger partial charge in [0.15, 0.2) is 6.29 Å². The van der Waals surface area contributed by atoms with Gasteiger partial charge in [0, 0.05) is 20.6 Å². The Balaban J connectivity index is 3.71. The van der Waals surface area contributed by atoms with Crippen LogP contribution in [0.2, 0.25) is 0 Å². The topological polar surface area (TPSA) is 65.0 Å². The van der Waals surface area contributed by atoms with Crippen molar-refractivity contribution in [2.24, 2.45) is 0 Å². The fourth-order valence-corrected chi connectivity index (χ4v) is 0.870. The smallest absolute Gasteiger partial charge is 0.308 e. The zero-order valence-electron chi connectivity index (χ0n) is 8.15. The van der Waals surface area contributed by atoms with Gasteiger partial charge < -0.3 is 19.3 Å². The molecule has 0 fully saturated rings. The summed E-state index contributed by atoms with van der Waals surface area (Å²) < 4.78 is 14.1. The third kappa shape index (κ3) is 5.57. The van der Waals surface area contributed by atoms with Gasteiger partial charge in [0.05, 0.1) is 19.6 Å². The van der Waals surface area contributed by atoms with E-state index in [1.54, 1.807) is 0 Å². The molecule has 0 rings (SSSR count). The lowest BCUT2D eigenvalue weighted by molar-refractivity contribution is -0.147. The summed E-state index contributed by atoms with van der Waals surface area (Å²) in [5.74, 6) is -0.446. The van der Waals surface area contributed by atoms with Crippen LogP contribution in [0.15, 0.2) is 0 Å². The average molecular weight is 192 g/mol. The number of methoxy groups -OCH3 is 3. The number of rotatable bonds is 6. The van der Waals surface area contributed by atoms with Crippen molar-refractivity contribution < 1.29 is 24.1 Å². The van der Waals surface area contributed by atoms with Crippen LogP contribution < -0.4 is 0 Å². The molecule has 5 heteroatoms. The molecule has 0 aliphatic rings. The fourth-order valence-electron chi connectivity index (χ4n) is 0.870. The SMILES string of the molecule is COC(=O)C[C@H](O)CC(OC)OC. The number of aliphatic hydroxyl groups excluding tert-OH is 1. The molecule has 0 amide bonds. The summed E-state index contributed by atoms with van der Waals surface area (Å²) in [6, 6.07) is 0. The summed E-state index contributed by atoms with van der Waals surface area (Å²) in [6.07, 6.45) is -1.07. The highest BCUT2D eigenvalue weighted by molar-refractivity contribution is 5.69. The molecule has 0 saturated carbocycles. The molecule has 0 aromatic rings. The molecule has 0 bridgehead atoms. The molecular weight excluding hydrogens is 176 g/mol. The van der Waals surface area contributed by atoms with E-state index in [1.165, 1.54) is 21.3 Å². The minimum absolute atomic E-state index is 0.0419. The standard InChI is InChI=1S/C8H16O5/c1-11-7(10)4-6(9)5-8(12-2)13-3/h6,8-9H,4-5H2,1-3H3/t6-/m0/s1. The van der Waals surface area contributed by atoms with Crippen molar-refractivity contribution in [1.82, 2.24) is 0 Å². The molecule has 13 heavy (non-hydrogen) atoms. The Labute approximate surface area is 77.6 Å². The molecular formula is C8H16O5. The molecule has 0 aromatic heterocycles. The highest BCUT2D eigenvalue weighted by atomic mass is 16.7. The molecule has 0 saturated heterocycles. The van der Waals surface area contributed by atoms with Crippen LogP contribution in [0.3, 0.4) is 0 Å². The summed E-state index contributed by atoms with van der Waals surface area (Å²) in [5, 5.41) is 9.32. The molecule has 5 nitrogen and oxygen atoms in total. The van der Waals surface area contributed by atoms with Crippen molar-refractivity contribution >= 4 is 5.97 Å². The van der Waals surface area contributed by atoms with Crippen molar-refractivity contribution in [3.05, 3.63) is 0 Å². The number of carbonyl (C=O) groups excluding carboxylic acids is 1. The van der Waals surface area contributed by atoms with Crippen molar-refractivity contribution in [2.45, 2.75) is 25.2 Å². The molecule has 0 aliphatic heterocycles. The van der Waals surface area contributed by atoms with Crippen molar-refractivity contribution in [3.8, 4) is 0 Å². The van der Waals surface area contributed by atoms with E-state index in [1.807, 2.05) is 0 Å². The summed E-state index contributed by atoms with van der Waals surface area (Å²) in [6.45, 7) is 0. The Morgan fingerprint density at radius 3 is 2.23 bits per heavy atom. The van der Waals surface area contributed by atoms with E-state index in [0.29, 0.717) is 0 Å². The van der Waals surface area contributed by atoms with Gasteiger partial charge in [0.2, 0.25) is 0 Å². The summed E-state index contributed by atoms with van der Waals surface area (Å²) in [5.41, 5.74) is 0. The van der Waals surface area contributed by atoms with E-state index in [0.717, 1.165) is 0 Å². The van der Waals surface area contributed by atoms with Gasteiger partial charge in [-0.2, -0.15) is 0 Å². The van der Waals surface area contributed by atoms with Crippen LogP contribution in [0.1, 0.15) is 12.8 Å². The Bertz CT molecular complexity index is 143. The van der Waals surface area contributed by atoms with Crippen LogP contribution in [-0.2, 0) is 19.0 Å². The first kappa shape index (κ1) is 12.3. The third-order valence-corrected chi connectivity index (χ3v) is 1.62. The van der Waals surface area contributed by atoms with Crippen LogP contribution in [0, 0.1) is 0 Å². The maximum Gasteiger partial charge on any atom is 0.308 e. The number of aliphatic hydroxyl groups is 1. The Kier molecular flexibility index (Phi) is 6.48. The second kappa shape index (κ2) is 6.82. The van der Waals surface area contributed by atoms with Crippen LogP contribution in [0.4, 0.5) is 0 Å². The molecule has 1 N–H and O–H groups in total. The molecule has 0 aromatic carbocycles. The number of hydrogen-bond acceptors (Lipinski definition) is 5. The molecule has 1 atom stereocenters. The second-order valence-corrected chi connectivity index (χ2v) is 2.57. The van der Waals surface area contributed by atoms with E-state index in [9.17, 15) is 9.90 Å². The fraction of sp³-hybridized carbons (Fsp3) is 0.875. The van der Waals surface area contributed by atoms with Gasteiger partial charge in [0.25, 0.3) is 0 Å². The van der Waals surface area contributed by atoms with Crippen LogP contribution in [0.5, 0.6) is 0 Å². The van der Waals surface area contributed by atoms with Crippen LogP contribution >= 0.6 is 0 Å². The Morgan fingerprint density at radius 1 is 1.31 bits per heavy atom. The summed E-state index contributed by atoms with van der Waals surface area (Å²) in [4.78, 5) is 10.7. The number of hydrogen-bond donors (Lipinski definition) is 1. The normalized spacial score (nSPS) is 13.0.